The molecule has 0 saturated carbocycles. The number of anilines is 1. The first-order valence-corrected chi connectivity index (χ1v) is 22.7. The summed E-state index contributed by atoms with van der Waals surface area (Å²) in [7, 11) is 4.23. The average Bonchev–Trinajstić information content (AvgIpc) is 3.28. The number of aliphatic carboxylic acids is 1. The first-order valence-electron chi connectivity index (χ1n) is 22.7. The molecule has 70 heavy (non-hydrogen) atoms. The first-order chi connectivity index (χ1) is 32.6. The van der Waals surface area contributed by atoms with Gasteiger partial charge in [0.25, 0.3) is 0 Å². The molecule has 1 aliphatic rings. The van der Waals surface area contributed by atoms with E-state index in [-0.39, 0.29) is 88.0 Å². The van der Waals surface area contributed by atoms with Crippen LogP contribution in [-0.2, 0) is 59.2 Å². The minimum atomic E-state index is -2.04. The predicted octanol–water partition coefficient (Wildman–Crippen LogP) is -1.56. The third kappa shape index (κ3) is 19.2. The van der Waals surface area contributed by atoms with E-state index < -0.39 is 108 Å². The maximum Gasteiger partial charge on any atom is 0.335 e. The Hall–Kier alpha value is -6.44. The van der Waals surface area contributed by atoms with Crippen LogP contribution in [-0.4, -0.2) is 184 Å². The van der Waals surface area contributed by atoms with Crippen molar-refractivity contribution in [1.29, 1.82) is 0 Å². The third-order valence-electron chi connectivity index (χ3n) is 10.9. The summed E-state index contributed by atoms with van der Waals surface area (Å²) in [6.07, 6.45) is -10.4. The highest BCUT2D eigenvalue weighted by Crippen LogP contribution is 2.32. The Labute approximate surface area is 406 Å². The van der Waals surface area contributed by atoms with Crippen molar-refractivity contribution in [2.45, 2.75) is 123 Å². The molecule has 1 saturated heterocycles. The number of carbonyl (C=O) groups excluding carboxylic acids is 9. The lowest BCUT2D eigenvalue weighted by Gasteiger charge is -2.38. The van der Waals surface area contributed by atoms with Crippen LogP contribution in [0, 0.1) is 17.8 Å². The minimum absolute atomic E-state index is 0.00883. The van der Waals surface area contributed by atoms with Crippen molar-refractivity contribution in [2.24, 2.45) is 23.5 Å². The van der Waals surface area contributed by atoms with Gasteiger partial charge in [-0.15, -0.1) is 0 Å². The summed E-state index contributed by atoms with van der Waals surface area (Å²) in [6, 6.07) is 0.610. The van der Waals surface area contributed by atoms with Gasteiger partial charge in [-0.25, -0.2) is 9.59 Å². The third-order valence-corrected chi connectivity index (χ3v) is 10.9. The fraction of sp³-hybridized carbons (Fsp3) is 0.644. The molecule has 1 fully saturated rings. The van der Waals surface area contributed by atoms with E-state index in [1.807, 2.05) is 0 Å². The molecule has 1 aliphatic heterocycles. The number of nitrogens with two attached hydrogens (primary N) is 1. The quantitative estimate of drug-likeness (QED) is 0.0355. The summed E-state index contributed by atoms with van der Waals surface area (Å²) < 4.78 is 16.4. The standard InChI is InChI=1S/C45H70N8O17/c1-23(2)29(54)19-51(7)33(57)21-53(9)34(58)20-52(8)32(56)14-10-13-31(55)50-35(24(3)4)41(63)49-28(12-11-17-47-45(46)67)40(62)48-27-16-15-26(22-68-43(66)25(5)6)18-30(27)69-44-38(61)36(59)37(60)39(70-44)42(64)65/h15-16,18,23-25,28,35-39,44,59-61H,10-14,17,19-22H2,1-9H3,(H,48,62)(H,49,63)(H,50,55)(H,64,65)(H3,46,47,67)/t28-,35-,36-,37-,38+,39-,44+/m0/s1. The average molecular weight is 995 g/mol. The highest BCUT2D eigenvalue weighted by molar-refractivity contribution is 5.99. The lowest BCUT2D eigenvalue weighted by Crippen LogP contribution is -2.61. The second-order valence-corrected chi connectivity index (χ2v) is 17.9. The number of carboxylic acid groups (broad SMARTS) is 1. The van der Waals surface area contributed by atoms with Crippen LogP contribution < -0.4 is 31.7 Å². The molecule has 0 aliphatic carbocycles. The highest BCUT2D eigenvalue weighted by atomic mass is 16.7. The first kappa shape index (κ1) is 59.7. The molecular weight excluding hydrogens is 925 g/mol. The van der Waals surface area contributed by atoms with Crippen molar-refractivity contribution in [3.05, 3.63) is 23.8 Å². The normalized spacial score (nSPS) is 18.5. The van der Waals surface area contributed by atoms with E-state index >= 15 is 0 Å². The Morgan fingerprint density at radius 3 is 1.90 bits per heavy atom. The van der Waals surface area contributed by atoms with Crippen LogP contribution in [0.25, 0.3) is 0 Å². The molecule has 0 bridgehead atoms. The molecule has 0 aromatic heterocycles. The van der Waals surface area contributed by atoms with Gasteiger partial charge in [0.2, 0.25) is 41.7 Å². The summed E-state index contributed by atoms with van der Waals surface area (Å²) in [5.74, 6) is -7.67. The van der Waals surface area contributed by atoms with Gasteiger partial charge in [0.1, 0.15) is 42.8 Å². The number of hydrogen-bond donors (Lipinski definition) is 9. The molecular formula is C45H70N8O17. The van der Waals surface area contributed by atoms with E-state index in [4.69, 9.17) is 19.9 Å². The predicted molar refractivity (Wildman–Crippen MR) is 247 cm³/mol. The van der Waals surface area contributed by atoms with Crippen molar-refractivity contribution in [3.63, 3.8) is 0 Å². The van der Waals surface area contributed by atoms with Crippen molar-refractivity contribution in [3.8, 4) is 5.75 Å². The van der Waals surface area contributed by atoms with Crippen LogP contribution in [0.1, 0.15) is 79.2 Å². The van der Waals surface area contributed by atoms with Crippen LogP contribution >= 0.6 is 0 Å². The zero-order chi connectivity index (χ0) is 53.2. The number of amides is 8. The van der Waals surface area contributed by atoms with Gasteiger partial charge >= 0.3 is 18.0 Å². The number of nitrogens with zero attached hydrogens (tertiary/aromatic N) is 3. The molecule has 0 spiro atoms. The van der Waals surface area contributed by atoms with E-state index in [1.54, 1.807) is 41.5 Å². The number of primary amides is 1. The maximum absolute atomic E-state index is 14.0. The second kappa shape index (κ2) is 28.3. The number of rotatable bonds is 27. The molecule has 392 valence electrons. The van der Waals surface area contributed by atoms with Crippen molar-refractivity contribution < 1.29 is 82.6 Å². The zero-order valence-corrected chi connectivity index (χ0v) is 41.1. The topological polar surface area (TPSA) is 363 Å². The van der Waals surface area contributed by atoms with E-state index in [0.29, 0.717) is 5.56 Å². The molecule has 7 atom stereocenters. The van der Waals surface area contributed by atoms with E-state index in [2.05, 4.69) is 21.3 Å². The molecule has 8 amide bonds. The molecule has 10 N–H and O–H groups in total. The lowest BCUT2D eigenvalue weighted by molar-refractivity contribution is -0.271. The summed E-state index contributed by atoms with van der Waals surface area (Å²) in [5.41, 5.74) is 5.35. The van der Waals surface area contributed by atoms with Gasteiger partial charge in [-0.05, 0) is 42.9 Å². The Kier molecular flexibility index (Phi) is 24.1. The summed E-state index contributed by atoms with van der Waals surface area (Å²) in [6.45, 7) is 8.84. The Morgan fingerprint density at radius 2 is 1.34 bits per heavy atom. The Morgan fingerprint density at radius 1 is 0.743 bits per heavy atom. The number of benzene rings is 1. The maximum atomic E-state index is 14.0. The number of carbonyl (C=O) groups is 10. The van der Waals surface area contributed by atoms with Gasteiger partial charge in [-0.3, -0.25) is 38.4 Å². The number of esters is 1. The monoisotopic (exact) mass is 994 g/mol. The number of Topliss-reactive ketones (excluding diaryl/α,β-unsaturated/α-hetero) is 1. The van der Waals surface area contributed by atoms with Crippen molar-refractivity contribution in [1.82, 2.24) is 30.7 Å². The number of hydrogen-bond acceptors (Lipinski definition) is 16. The molecule has 0 unspecified atom stereocenters. The van der Waals surface area contributed by atoms with Gasteiger partial charge in [0.05, 0.1) is 31.2 Å². The molecule has 1 aromatic rings. The molecule has 25 heteroatoms. The fourth-order valence-corrected chi connectivity index (χ4v) is 6.42. The van der Waals surface area contributed by atoms with Crippen LogP contribution in [0.3, 0.4) is 0 Å². The van der Waals surface area contributed by atoms with Crippen LogP contribution in [0.4, 0.5) is 10.5 Å². The molecule has 25 nitrogen and oxygen atoms in total. The van der Waals surface area contributed by atoms with E-state index in [0.717, 1.165) is 9.80 Å². The number of aliphatic hydroxyl groups excluding tert-OH is 3. The number of ether oxygens (including phenoxy) is 3. The number of aliphatic hydroxyl groups is 3. The van der Waals surface area contributed by atoms with Crippen LogP contribution in [0.5, 0.6) is 5.75 Å². The zero-order valence-electron chi connectivity index (χ0n) is 41.1. The molecule has 1 heterocycles. The number of urea groups is 1. The summed E-state index contributed by atoms with van der Waals surface area (Å²) in [5, 5.41) is 51.0. The minimum Gasteiger partial charge on any atom is -0.479 e. The van der Waals surface area contributed by atoms with Gasteiger partial charge in [0, 0.05) is 46.4 Å². The summed E-state index contributed by atoms with van der Waals surface area (Å²) in [4.78, 5) is 130. The van der Waals surface area contributed by atoms with Gasteiger partial charge < -0.3 is 76.3 Å². The van der Waals surface area contributed by atoms with Crippen LogP contribution in [0.15, 0.2) is 18.2 Å². The molecule has 1 aromatic carbocycles. The number of likely N-dealkylation sites (N-methyl/N-ethyl adjacent to an activating group) is 3. The molecule has 0 radical (unpaired) electrons. The van der Waals surface area contributed by atoms with Crippen LogP contribution in [0.2, 0.25) is 0 Å². The fourth-order valence-electron chi connectivity index (χ4n) is 6.42. The van der Waals surface area contributed by atoms with E-state index in [9.17, 15) is 68.4 Å². The second-order valence-electron chi connectivity index (χ2n) is 17.9. The number of nitrogens with one attached hydrogen (secondary N) is 4. The smallest absolute Gasteiger partial charge is 0.335 e. The van der Waals surface area contributed by atoms with Gasteiger partial charge in [0.15, 0.2) is 11.9 Å². The highest BCUT2D eigenvalue weighted by Gasteiger charge is 2.48. The largest absolute Gasteiger partial charge is 0.479 e. The number of ketones is 1. The number of carboxylic acids is 1. The van der Waals surface area contributed by atoms with Crippen molar-refractivity contribution >= 4 is 64.9 Å². The molecule has 2 rings (SSSR count). The van der Waals surface area contributed by atoms with Crippen molar-refractivity contribution in [2.75, 3.05) is 52.6 Å². The van der Waals surface area contributed by atoms with E-state index in [1.165, 1.54) is 44.2 Å². The SMILES string of the molecule is CC(C)C(=O)CN(C)C(=O)CN(C)C(=O)CN(C)C(=O)CCCC(=O)N[C@H](C(=O)N[C@@H](CCCNC(N)=O)C(=O)Nc1ccc(COC(=O)C(C)C)cc1O[C@@H]1O[C@H](C(=O)O)[C@@H](O)[C@H](O)[C@H]1O)C(C)C. The Bertz CT molecular complexity index is 2030. The Balaban J connectivity index is 2.21. The van der Waals surface area contributed by atoms with Gasteiger partial charge in [-0.1, -0.05) is 47.6 Å². The summed E-state index contributed by atoms with van der Waals surface area (Å²) >= 11 is 0. The lowest BCUT2D eigenvalue weighted by atomic mass is 9.99. The van der Waals surface area contributed by atoms with Gasteiger partial charge in [-0.2, -0.15) is 0 Å².